The SMILES string of the molecule is CC(C1CC(F)(F)C1)N(CCN)c1ccc2ccccc2n1. The van der Waals surface area contributed by atoms with Gasteiger partial charge in [-0.2, -0.15) is 0 Å². The van der Waals surface area contributed by atoms with Gasteiger partial charge in [0.15, 0.2) is 0 Å². The van der Waals surface area contributed by atoms with Crippen LogP contribution in [-0.2, 0) is 0 Å². The number of hydrogen-bond donors (Lipinski definition) is 1. The van der Waals surface area contributed by atoms with Gasteiger partial charge in [-0.1, -0.05) is 18.2 Å². The molecule has 0 amide bonds. The molecule has 1 saturated carbocycles. The molecule has 0 aliphatic heterocycles. The van der Waals surface area contributed by atoms with E-state index in [9.17, 15) is 8.78 Å². The van der Waals surface area contributed by atoms with E-state index in [-0.39, 0.29) is 24.8 Å². The van der Waals surface area contributed by atoms with Gasteiger partial charge in [-0.05, 0) is 31.0 Å². The topological polar surface area (TPSA) is 42.1 Å². The van der Waals surface area contributed by atoms with Gasteiger partial charge in [0.05, 0.1) is 5.52 Å². The van der Waals surface area contributed by atoms with Crippen LogP contribution in [0.2, 0.25) is 0 Å². The Morgan fingerprint density at radius 1 is 1.27 bits per heavy atom. The van der Waals surface area contributed by atoms with Gasteiger partial charge in [0.1, 0.15) is 5.82 Å². The van der Waals surface area contributed by atoms with Gasteiger partial charge in [0, 0.05) is 37.4 Å². The Hall–Kier alpha value is -1.75. The first-order valence-electron chi connectivity index (χ1n) is 7.70. The number of alkyl halides is 2. The highest BCUT2D eigenvalue weighted by atomic mass is 19.3. The summed E-state index contributed by atoms with van der Waals surface area (Å²) in [5, 5.41) is 1.07. The highest BCUT2D eigenvalue weighted by Gasteiger charge is 2.48. The summed E-state index contributed by atoms with van der Waals surface area (Å²) in [6.45, 7) is 3.09. The molecule has 0 bridgehead atoms. The van der Waals surface area contributed by atoms with E-state index in [1.54, 1.807) is 0 Å². The molecule has 0 radical (unpaired) electrons. The van der Waals surface area contributed by atoms with Crippen LogP contribution in [0.3, 0.4) is 0 Å². The fraction of sp³-hybridized carbons (Fsp3) is 0.471. The van der Waals surface area contributed by atoms with Crippen molar-refractivity contribution in [1.82, 2.24) is 4.98 Å². The molecule has 2 aromatic rings. The zero-order valence-corrected chi connectivity index (χ0v) is 12.7. The lowest BCUT2D eigenvalue weighted by Gasteiger charge is -2.43. The first-order chi connectivity index (χ1) is 10.5. The average molecular weight is 305 g/mol. The molecule has 1 aromatic carbocycles. The molecule has 1 aromatic heterocycles. The van der Waals surface area contributed by atoms with E-state index in [2.05, 4.69) is 9.88 Å². The Bertz CT molecular complexity index is 651. The Balaban J connectivity index is 1.85. The minimum Gasteiger partial charge on any atom is -0.352 e. The van der Waals surface area contributed by atoms with Gasteiger partial charge in [0.25, 0.3) is 0 Å². The molecular weight excluding hydrogens is 284 g/mol. The lowest BCUT2D eigenvalue weighted by molar-refractivity contribution is -0.115. The highest BCUT2D eigenvalue weighted by molar-refractivity contribution is 5.80. The summed E-state index contributed by atoms with van der Waals surface area (Å²) in [7, 11) is 0. The summed E-state index contributed by atoms with van der Waals surface area (Å²) in [5.41, 5.74) is 6.62. The van der Waals surface area contributed by atoms with Gasteiger partial charge in [-0.15, -0.1) is 0 Å². The molecule has 3 nitrogen and oxygen atoms in total. The van der Waals surface area contributed by atoms with E-state index in [0.29, 0.717) is 13.1 Å². The maximum absolute atomic E-state index is 13.1. The Morgan fingerprint density at radius 3 is 2.68 bits per heavy atom. The van der Waals surface area contributed by atoms with E-state index in [0.717, 1.165) is 16.7 Å². The van der Waals surface area contributed by atoms with E-state index in [1.165, 1.54) is 0 Å². The molecule has 2 N–H and O–H groups in total. The van der Waals surface area contributed by atoms with E-state index in [4.69, 9.17) is 5.73 Å². The number of pyridine rings is 1. The van der Waals surface area contributed by atoms with Crippen LogP contribution < -0.4 is 10.6 Å². The second-order valence-corrected chi connectivity index (χ2v) is 6.11. The minimum absolute atomic E-state index is 0.00480. The lowest BCUT2D eigenvalue weighted by atomic mass is 9.76. The number of benzene rings is 1. The number of para-hydroxylation sites is 1. The second kappa shape index (κ2) is 5.80. The zero-order valence-electron chi connectivity index (χ0n) is 12.7. The van der Waals surface area contributed by atoms with Crippen molar-refractivity contribution in [3.63, 3.8) is 0 Å². The van der Waals surface area contributed by atoms with Crippen molar-refractivity contribution in [2.45, 2.75) is 31.7 Å². The Morgan fingerprint density at radius 2 is 2.00 bits per heavy atom. The van der Waals surface area contributed by atoms with Crippen LogP contribution in [0.15, 0.2) is 36.4 Å². The number of hydrogen-bond acceptors (Lipinski definition) is 3. The summed E-state index contributed by atoms with van der Waals surface area (Å²) in [6.07, 6.45) is -0.0777. The number of fused-ring (bicyclic) bond motifs is 1. The van der Waals surface area contributed by atoms with Crippen molar-refractivity contribution in [2.75, 3.05) is 18.0 Å². The first-order valence-corrected chi connectivity index (χ1v) is 7.70. The number of anilines is 1. The molecule has 1 atom stereocenters. The van der Waals surface area contributed by atoms with Crippen molar-refractivity contribution in [3.8, 4) is 0 Å². The van der Waals surface area contributed by atoms with Crippen LogP contribution in [0.4, 0.5) is 14.6 Å². The molecule has 3 rings (SSSR count). The predicted molar refractivity (Wildman–Crippen MR) is 85.3 cm³/mol. The lowest BCUT2D eigenvalue weighted by Crippen LogP contribution is -2.50. The summed E-state index contributed by atoms with van der Waals surface area (Å²) < 4.78 is 26.3. The molecule has 0 spiro atoms. The van der Waals surface area contributed by atoms with Crippen molar-refractivity contribution in [1.29, 1.82) is 0 Å². The molecule has 118 valence electrons. The van der Waals surface area contributed by atoms with Crippen LogP contribution in [-0.4, -0.2) is 30.0 Å². The molecule has 1 fully saturated rings. The summed E-state index contributed by atoms with van der Waals surface area (Å²) in [6, 6.07) is 11.9. The third-order valence-electron chi connectivity index (χ3n) is 4.54. The Labute approximate surface area is 129 Å². The van der Waals surface area contributed by atoms with Crippen LogP contribution in [0.1, 0.15) is 19.8 Å². The first kappa shape index (κ1) is 15.2. The largest absolute Gasteiger partial charge is 0.352 e. The third-order valence-corrected chi connectivity index (χ3v) is 4.54. The molecule has 0 saturated heterocycles. The van der Waals surface area contributed by atoms with E-state index < -0.39 is 5.92 Å². The van der Waals surface area contributed by atoms with Crippen LogP contribution in [0.5, 0.6) is 0 Å². The molecule has 1 aliphatic rings. The highest BCUT2D eigenvalue weighted by Crippen LogP contribution is 2.45. The molecule has 1 unspecified atom stereocenters. The smallest absolute Gasteiger partial charge is 0.248 e. The van der Waals surface area contributed by atoms with Crippen LogP contribution >= 0.6 is 0 Å². The normalized spacial score (nSPS) is 18.9. The Kier molecular flexibility index (Phi) is 4.00. The van der Waals surface area contributed by atoms with Gasteiger partial charge in [0.2, 0.25) is 5.92 Å². The standard InChI is InChI=1S/C17H21F2N3/c1-12(14-10-17(18,19)11-14)22(9-8-20)16-7-6-13-4-2-3-5-15(13)21-16/h2-7,12,14H,8-11,20H2,1H3. The van der Waals surface area contributed by atoms with Crippen molar-refractivity contribution in [3.05, 3.63) is 36.4 Å². The number of aromatic nitrogens is 1. The molecule has 22 heavy (non-hydrogen) atoms. The summed E-state index contributed by atoms with van der Waals surface area (Å²) >= 11 is 0. The quantitative estimate of drug-likeness (QED) is 0.920. The monoisotopic (exact) mass is 305 g/mol. The molecular formula is C17H21F2N3. The number of nitrogens with zero attached hydrogens (tertiary/aromatic N) is 2. The van der Waals surface area contributed by atoms with Crippen molar-refractivity contribution < 1.29 is 8.78 Å². The minimum atomic E-state index is -2.50. The van der Waals surface area contributed by atoms with Gasteiger partial charge in [-0.3, -0.25) is 0 Å². The van der Waals surface area contributed by atoms with Crippen molar-refractivity contribution in [2.24, 2.45) is 11.7 Å². The van der Waals surface area contributed by atoms with Crippen LogP contribution in [0.25, 0.3) is 10.9 Å². The molecule has 1 aliphatic carbocycles. The predicted octanol–water partition coefficient (Wildman–Crippen LogP) is 3.43. The fourth-order valence-corrected chi connectivity index (χ4v) is 3.18. The second-order valence-electron chi connectivity index (χ2n) is 6.11. The summed E-state index contributed by atoms with van der Waals surface area (Å²) in [4.78, 5) is 6.74. The third kappa shape index (κ3) is 2.90. The van der Waals surface area contributed by atoms with Gasteiger partial charge < -0.3 is 10.6 Å². The zero-order chi connectivity index (χ0) is 15.7. The van der Waals surface area contributed by atoms with Crippen LogP contribution in [0, 0.1) is 5.92 Å². The number of halogens is 2. The fourth-order valence-electron chi connectivity index (χ4n) is 3.18. The number of nitrogens with two attached hydrogens (primary N) is 1. The average Bonchev–Trinajstić information content (AvgIpc) is 2.49. The molecule has 5 heteroatoms. The molecule has 1 heterocycles. The van der Waals surface area contributed by atoms with Gasteiger partial charge >= 0.3 is 0 Å². The maximum atomic E-state index is 13.1. The van der Waals surface area contributed by atoms with Crippen molar-refractivity contribution >= 4 is 16.7 Å². The summed E-state index contributed by atoms with van der Waals surface area (Å²) in [5.74, 6) is -1.69. The van der Waals surface area contributed by atoms with Gasteiger partial charge in [-0.25, -0.2) is 13.8 Å². The van der Waals surface area contributed by atoms with E-state index in [1.807, 2.05) is 43.3 Å². The van der Waals surface area contributed by atoms with E-state index >= 15 is 0 Å². The number of rotatable bonds is 5. The maximum Gasteiger partial charge on any atom is 0.248 e.